The lowest BCUT2D eigenvalue weighted by Crippen LogP contribution is -2.55. The van der Waals surface area contributed by atoms with Gasteiger partial charge in [-0.05, 0) is 31.6 Å². The lowest BCUT2D eigenvalue weighted by Gasteiger charge is -2.45. The third kappa shape index (κ3) is 2.71. The molecule has 1 atom stereocenters. The van der Waals surface area contributed by atoms with Gasteiger partial charge in [0, 0.05) is 44.7 Å². The van der Waals surface area contributed by atoms with Crippen LogP contribution in [0.4, 0.5) is 0 Å². The number of hydrogen-bond acceptors (Lipinski definition) is 5. The Bertz CT molecular complexity index is 736. The predicted molar refractivity (Wildman–Crippen MR) is 93.3 cm³/mol. The number of rotatable bonds is 3. The third-order valence-electron chi connectivity index (χ3n) is 6.33. The molecule has 140 valence electrons. The van der Waals surface area contributed by atoms with E-state index in [1.807, 2.05) is 9.47 Å². The van der Waals surface area contributed by atoms with Gasteiger partial charge in [0.05, 0.1) is 6.04 Å². The molecule has 1 aromatic heterocycles. The molecule has 0 bridgehead atoms. The van der Waals surface area contributed by atoms with Gasteiger partial charge >= 0.3 is 0 Å². The number of aromatic nitrogens is 3. The summed E-state index contributed by atoms with van der Waals surface area (Å²) in [5.74, 6) is 2.31. The largest absolute Gasteiger partial charge is 0.347 e. The Kier molecular flexibility index (Phi) is 3.77. The molecule has 1 N–H and O–H groups in total. The van der Waals surface area contributed by atoms with Gasteiger partial charge in [-0.15, -0.1) is 10.2 Å². The van der Waals surface area contributed by atoms with Crippen LogP contribution in [0.5, 0.6) is 0 Å². The maximum atomic E-state index is 12.8. The molecule has 1 aromatic rings. The number of carbonyl (C=O) groups excluding carboxylic acids is 2. The summed E-state index contributed by atoms with van der Waals surface area (Å²) >= 11 is 0. The van der Waals surface area contributed by atoms with Crippen LogP contribution >= 0.6 is 0 Å². The molecule has 2 aliphatic heterocycles. The first kappa shape index (κ1) is 16.2. The monoisotopic (exact) mass is 358 g/mol. The zero-order valence-corrected chi connectivity index (χ0v) is 15.2. The van der Waals surface area contributed by atoms with Crippen LogP contribution in [0.3, 0.4) is 0 Å². The van der Waals surface area contributed by atoms with E-state index in [0.29, 0.717) is 30.2 Å². The molecule has 1 saturated heterocycles. The Morgan fingerprint density at radius 1 is 1.08 bits per heavy atom. The Hall–Kier alpha value is -1.96. The maximum absolute atomic E-state index is 12.8. The summed E-state index contributed by atoms with van der Waals surface area (Å²) < 4.78 is 1.96. The molecule has 2 aliphatic carbocycles. The normalized spacial score (nSPS) is 31.0. The molecule has 4 aliphatic rings. The van der Waals surface area contributed by atoms with Crippen molar-refractivity contribution in [3.63, 3.8) is 0 Å². The minimum absolute atomic E-state index is 0.0499. The standard InChI is InChI=1S/C18H26N6O2/c1-11-8-12(9-11)18(26)23-5-4-22-6-7-24-15(14(22)10-23)20-21-16(24)17(25)19-13-2-3-13/h11-14H,2-10H2,1H3,(H,19,25)/t11?,12?,14-/m1/s1. The minimum Gasteiger partial charge on any atom is -0.347 e. The minimum atomic E-state index is -0.119. The first-order chi connectivity index (χ1) is 12.6. The van der Waals surface area contributed by atoms with Crippen LogP contribution in [0.25, 0.3) is 0 Å². The quantitative estimate of drug-likeness (QED) is 0.846. The van der Waals surface area contributed by atoms with Crippen LogP contribution in [0, 0.1) is 11.8 Å². The van der Waals surface area contributed by atoms with Gasteiger partial charge in [0.1, 0.15) is 0 Å². The number of amides is 2. The van der Waals surface area contributed by atoms with Gasteiger partial charge in [0.25, 0.3) is 5.91 Å². The molecule has 8 nitrogen and oxygen atoms in total. The Morgan fingerprint density at radius 3 is 2.58 bits per heavy atom. The fourth-order valence-electron chi connectivity index (χ4n) is 4.55. The molecule has 0 aromatic carbocycles. The van der Waals surface area contributed by atoms with Crippen molar-refractivity contribution in [2.24, 2.45) is 11.8 Å². The van der Waals surface area contributed by atoms with E-state index in [-0.39, 0.29) is 17.9 Å². The summed E-state index contributed by atoms with van der Waals surface area (Å²) in [4.78, 5) is 29.5. The second kappa shape index (κ2) is 6.04. The average molecular weight is 358 g/mol. The van der Waals surface area contributed by atoms with Crippen molar-refractivity contribution in [3.05, 3.63) is 11.6 Å². The number of hydrogen-bond donors (Lipinski definition) is 1. The molecule has 8 heteroatoms. The molecule has 2 amide bonds. The highest BCUT2D eigenvalue weighted by molar-refractivity contribution is 5.91. The second-order valence-electron chi connectivity index (χ2n) is 8.39. The molecule has 3 fully saturated rings. The van der Waals surface area contributed by atoms with Gasteiger partial charge in [-0.25, -0.2) is 0 Å². The maximum Gasteiger partial charge on any atom is 0.289 e. The van der Waals surface area contributed by atoms with Crippen LogP contribution in [0.2, 0.25) is 0 Å². The number of fused-ring (bicyclic) bond motifs is 3. The topological polar surface area (TPSA) is 83.4 Å². The highest BCUT2D eigenvalue weighted by Crippen LogP contribution is 2.36. The zero-order chi connectivity index (χ0) is 17.8. The van der Waals surface area contributed by atoms with Crippen LogP contribution < -0.4 is 5.32 Å². The third-order valence-corrected chi connectivity index (χ3v) is 6.33. The number of piperazine rings is 1. The van der Waals surface area contributed by atoms with Crippen molar-refractivity contribution in [3.8, 4) is 0 Å². The molecule has 26 heavy (non-hydrogen) atoms. The number of nitrogens with zero attached hydrogens (tertiary/aromatic N) is 5. The van der Waals surface area contributed by atoms with E-state index in [1.165, 1.54) is 0 Å². The number of nitrogens with one attached hydrogen (secondary N) is 1. The van der Waals surface area contributed by atoms with Gasteiger partial charge in [0.15, 0.2) is 5.82 Å². The van der Waals surface area contributed by atoms with Gasteiger partial charge in [-0.3, -0.25) is 14.5 Å². The van der Waals surface area contributed by atoms with Crippen molar-refractivity contribution < 1.29 is 9.59 Å². The smallest absolute Gasteiger partial charge is 0.289 e. The van der Waals surface area contributed by atoms with Gasteiger partial charge < -0.3 is 14.8 Å². The van der Waals surface area contributed by atoms with Gasteiger partial charge in [-0.2, -0.15) is 0 Å². The van der Waals surface area contributed by atoms with Crippen LogP contribution in [0.1, 0.15) is 55.1 Å². The summed E-state index contributed by atoms with van der Waals surface area (Å²) in [6.07, 6.45) is 4.15. The fraction of sp³-hybridized carbons (Fsp3) is 0.778. The molecule has 5 rings (SSSR count). The SMILES string of the molecule is CC1CC(C(=O)N2CCN3CCn4c(C(=O)NC5CC5)nnc4[C@H]3C2)C1. The van der Waals surface area contributed by atoms with Crippen molar-refractivity contribution in [1.82, 2.24) is 29.9 Å². The molecular formula is C18H26N6O2. The summed E-state index contributed by atoms with van der Waals surface area (Å²) in [5.41, 5.74) is 0. The average Bonchev–Trinajstić information content (AvgIpc) is 3.32. The van der Waals surface area contributed by atoms with Crippen LogP contribution in [0.15, 0.2) is 0 Å². The van der Waals surface area contributed by atoms with E-state index in [4.69, 9.17) is 0 Å². The summed E-state index contributed by atoms with van der Waals surface area (Å²) in [5, 5.41) is 11.5. The highest BCUT2D eigenvalue weighted by Gasteiger charge is 2.41. The van der Waals surface area contributed by atoms with E-state index in [9.17, 15) is 9.59 Å². The molecule has 0 unspecified atom stereocenters. The van der Waals surface area contributed by atoms with Gasteiger partial charge in [-0.1, -0.05) is 6.92 Å². The molecule has 0 radical (unpaired) electrons. The zero-order valence-electron chi connectivity index (χ0n) is 15.2. The van der Waals surface area contributed by atoms with E-state index < -0.39 is 0 Å². The molecule has 2 saturated carbocycles. The van der Waals surface area contributed by atoms with E-state index in [1.54, 1.807) is 0 Å². The summed E-state index contributed by atoms with van der Waals surface area (Å²) in [6, 6.07) is 0.358. The molecular weight excluding hydrogens is 332 g/mol. The van der Waals surface area contributed by atoms with E-state index in [2.05, 4.69) is 27.3 Å². The molecule has 0 spiro atoms. The lowest BCUT2D eigenvalue weighted by atomic mass is 9.75. The van der Waals surface area contributed by atoms with Crippen LogP contribution in [-0.4, -0.2) is 68.6 Å². The number of carbonyl (C=O) groups is 2. The van der Waals surface area contributed by atoms with Crippen molar-refractivity contribution >= 4 is 11.8 Å². The second-order valence-corrected chi connectivity index (χ2v) is 8.39. The Morgan fingerprint density at radius 2 is 1.85 bits per heavy atom. The fourth-order valence-corrected chi connectivity index (χ4v) is 4.55. The van der Waals surface area contributed by atoms with E-state index >= 15 is 0 Å². The van der Waals surface area contributed by atoms with Crippen molar-refractivity contribution in [2.75, 3.05) is 26.2 Å². The molecule has 3 heterocycles. The highest BCUT2D eigenvalue weighted by atomic mass is 16.2. The van der Waals surface area contributed by atoms with Crippen molar-refractivity contribution in [1.29, 1.82) is 0 Å². The Balaban J connectivity index is 1.33. The predicted octanol–water partition coefficient (Wildman–Crippen LogP) is 0.415. The first-order valence-electron chi connectivity index (χ1n) is 9.87. The van der Waals surface area contributed by atoms with Crippen LogP contribution in [-0.2, 0) is 11.3 Å². The van der Waals surface area contributed by atoms with E-state index in [0.717, 1.165) is 57.7 Å². The van der Waals surface area contributed by atoms with Gasteiger partial charge in [0.2, 0.25) is 11.7 Å². The first-order valence-corrected chi connectivity index (χ1v) is 9.87. The Labute approximate surface area is 152 Å². The van der Waals surface area contributed by atoms with Crippen molar-refractivity contribution in [2.45, 2.75) is 51.2 Å². The summed E-state index contributed by atoms with van der Waals surface area (Å²) in [7, 11) is 0. The lowest BCUT2D eigenvalue weighted by molar-refractivity contribution is -0.143. The summed E-state index contributed by atoms with van der Waals surface area (Å²) in [6.45, 7) is 6.15.